The lowest BCUT2D eigenvalue weighted by Gasteiger charge is -2.45. The summed E-state index contributed by atoms with van der Waals surface area (Å²) in [6.45, 7) is 15.1. The second-order valence-corrected chi connectivity index (χ2v) is 8.07. The first-order chi connectivity index (χ1) is 7.46. The number of hydrogen-bond donors (Lipinski definition) is 1. The van der Waals surface area contributed by atoms with Crippen molar-refractivity contribution in [3.8, 4) is 0 Å². The van der Waals surface area contributed by atoms with Crippen LogP contribution in [-0.4, -0.2) is 11.4 Å². The summed E-state index contributed by atoms with van der Waals surface area (Å²) in [6, 6.07) is 0. The van der Waals surface area contributed by atoms with E-state index in [1.54, 1.807) is 0 Å². The minimum absolute atomic E-state index is 0.00242. The fourth-order valence-corrected chi connectivity index (χ4v) is 3.29. The van der Waals surface area contributed by atoms with Gasteiger partial charge in [-0.1, -0.05) is 41.5 Å². The summed E-state index contributed by atoms with van der Waals surface area (Å²) in [5.74, 6) is 0.277. The second kappa shape index (κ2) is 4.29. The molecule has 0 aliphatic heterocycles. The third-order valence-electron chi connectivity index (χ3n) is 3.88. The molecule has 100 valence electrons. The highest BCUT2D eigenvalue weighted by atomic mass is 16.2. The quantitative estimate of drug-likeness (QED) is 0.781. The Morgan fingerprint density at radius 2 is 1.47 bits per heavy atom. The van der Waals surface area contributed by atoms with Crippen LogP contribution >= 0.6 is 0 Å². The Labute approximate surface area is 107 Å². The number of carbonyl (C=O) groups excluding carboxylic acids is 1. The van der Waals surface area contributed by atoms with Crippen molar-refractivity contribution in [1.29, 1.82) is 0 Å². The van der Waals surface area contributed by atoms with Crippen molar-refractivity contribution in [2.24, 2.45) is 16.7 Å². The molecule has 0 aromatic rings. The van der Waals surface area contributed by atoms with E-state index in [0.29, 0.717) is 0 Å². The van der Waals surface area contributed by atoms with Crippen molar-refractivity contribution < 1.29 is 4.79 Å². The summed E-state index contributed by atoms with van der Waals surface area (Å²) >= 11 is 0. The first-order valence-corrected chi connectivity index (χ1v) is 6.78. The molecule has 2 nitrogen and oxygen atoms in total. The lowest BCUT2D eigenvalue weighted by Crippen LogP contribution is -2.56. The number of carbonyl (C=O) groups is 1. The molecule has 1 N–H and O–H groups in total. The summed E-state index contributed by atoms with van der Waals surface area (Å²) in [5.41, 5.74) is 0.0662. The van der Waals surface area contributed by atoms with Crippen LogP contribution in [0, 0.1) is 16.7 Å². The molecule has 1 aliphatic carbocycles. The molecule has 0 heterocycles. The summed E-state index contributed by atoms with van der Waals surface area (Å²) < 4.78 is 0. The Balaban J connectivity index is 2.81. The summed E-state index contributed by atoms with van der Waals surface area (Å²) in [6.07, 6.45) is 3.49. The van der Waals surface area contributed by atoms with E-state index in [1.807, 2.05) is 0 Å². The molecule has 17 heavy (non-hydrogen) atoms. The monoisotopic (exact) mass is 239 g/mol. The normalized spacial score (nSPS) is 20.0. The van der Waals surface area contributed by atoms with Gasteiger partial charge in [0.1, 0.15) is 0 Å². The van der Waals surface area contributed by atoms with E-state index in [9.17, 15) is 4.79 Å². The van der Waals surface area contributed by atoms with E-state index in [1.165, 1.54) is 6.42 Å². The average molecular weight is 239 g/mol. The maximum Gasteiger partial charge on any atom is 0.224 e. The number of amides is 1. The van der Waals surface area contributed by atoms with Gasteiger partial charge < -0.3 is 5.32 Å². The summed E-state index contributed by atoms with van der Waals surface area (Å²) in [5, 5.41) is 3.27. The zero-order chi connectivity index (χ0) is 13.5. The van der Waals surface area contributed by atoms with E-state index in [2.05, 4.69) is 53.8 Å². The molecular formula is C15H29NO. The van der Waals surface area contributed by atoms with Crippen molar-refractivity contribution in [2.75, 3.05) is 0 Å². The van der Waals surface area contributed by atoms with Gasteiger partial charge in [-0.25, -0.2) is 0 Å². The zero-order valence-electron chi connectivity index (χ0n) is 12.6. The molecule has 0 saturated heterocycles. The largest absolute Gasteiger partial charge is 0.351 e. The molecule has 0 atom stereocenters. The SMILES string of the molecule is CC1(NC(=O)C(C(C)(C)C)C(C)(C)C)CCC1. The topological polar surface area (TPSA) is 29.1 Å². The molecule has 0 unspecified atom stereocenters. The number of nitrogens with one attached hydrogen (secondary N) is 1. The number of rotatable bonds is 2. The first kappa shape index (κ1) is 14.5. The van der Waals surface area contributed by atoms with E-state index in [0.717, 1.165) is 12.8 Å². The van der Waals surface area contributed by atoms with Crippen LogP contribution in [0.15, 0.2) is 0 Å². The van der Waals surface area contributed by atoms with Crippen LogP contribution in [0.25, 0.3) is 0 Å². The fraction of sp³-hybridized carbons (Fsp3) is 0.933. The van der Waals surface area contributed by atoms with Gasteiger partial charge in [0.15, 0.2) is 0 Å². The Hall–Kier alpha value is -0.530. The highest BCUT2D eigenvalue weighted by Crippen LogP contribution is 2.41. The van der Waals surface area contributed by atoms with Crippen molar-refractivity contribution in [3.63, 3.8) is 0 Å². The molecule has 1 aliphatic rings. The fourth-order valence-electron chi connectivity index (χ4n) is 3.29. The van der Waals surface area contributed by atoms with Crippen molar-refractivity contribution in [3.05, 3.63) is 0 Å². The van der Waals surface area contributed by atoms with Gasteiger partial charge in [0.2, 0.25) is 5.91 Å². The molecular weight excluding hydrogens is 210 g/mol. The third-order valence-corrected chi connectivity index (χ3v) is 3.88. The smallest absolute Gasteiger partial charge is 0.224 e. The predicted molar refractivity (Wildman–Crippen MR) is 72.8 cm³/mol. The maximum absolute atomic E-state index is 12.5. The van der Waals surface area contributed by atoms with Crippen molar-refractivity contribution in [2.45, 2.75) is 73.3 Å². The van der Waals surface area contributed by atoms with Crippen LogP contribution in [0.4, 0.5) is 0 Å². The minimum Gasteiger partial charge on any atom is -0.351 e. The lowest BCUT2D eigenvalue weighted by atomic mass is 9.65. The van der Waals surface area contributed by atoms with Gasteiger partial charge in [-0.3, -0.25) is 4.79 Å². The Morgan fingerprint density at radius 1 is 1.06 bits per heavy atom. The van der Waals surface area contributed by atoms with Crippen LogP contribution in [-0.2, 0) is 4.79 Å². The molecule has 2 heteroatoms. The van der Waals surface area contributed by atoms with Crippen LogP contribution in [0.3, 0.4) is 0 Å². The van der Waals surface area contributed by atoms with Crippen molar-refractivity contribution >= 4 is 5.91 Å². The lowest BCUT2D eigenvalue weighted by molar-refractivity contribution is -0.136. The molecule has 0 spiro atoms. The molecule has 1 amide bonds. The van der Waals surface area contributed by atoms with E-state index >= 15 is 0 Å². The Kier molecular flexibility index (Phi) is 3.67. The van der Waals surface area contributed by atoms with Gasteiger partial charge >= 0.3 is 0 Å². The Bertz CT molecular complexity index is 275. The van der Waals surface area contributed by atoms with Crippen LogP contribution in [0.1, 0.15) is 67.7 Å². The predicted octanol–water partition coefficient (Wildman–Crippen LogP) is 3.75. The molecule has 0 bridgehead atoms. The van der Waals surface area contributed by atoms with Crippen LogP contribution in [0.2, 0.25) is 0 Å². The second-order valence-electron chi connectivity index (χ2n) is 8.07. The molecule has 0 radical (unpaired) electrons. The summed E-state index contributed by atoms with van der Waals surface area (Å²) in [4.78, 5) is 12.5. The van der Waals surface area contributed by atoms with Crippen molar-refractivity contribution in [1.82, 2.24) is 5.32 Å². The zero-order valence-corrected chi connectivity index (χ0v) is 12.6. The molecule has 0 aromatic heterocycles. The van der Waals surface area contributed by atoms with Gasteiger partial charge in [0.25, 0.3) is 0 Å². The third kappa shape index (κ3) is 3.46. The van der Waals surface area contributed by atoms with E-state index in [-0.39, 0.29) is 28.2 Å². The average Bonchev–Trinajstić information content (AvgIpc) is 1.94. The van der Waals surface area contributed by atoms with Gasteiger partial charge in [-0.05, 0) is 37.0 Å². The van der Waals surface area contributed by atoms with Gasteiger partial charge in [0, 0.05) is 11.5 Å². The highest BCUT2D eigenvalue weighted by Gasteiger charge is 2.43. The van der Waals surface area contributed by atoms with Crippen LogP contribution < -0.4 is 5.32 Å². The van der Waals surface area contributed by atoms with Gasteiger partial charge in [-0.15, -0.1) is 0 Å². The van der Waals surface area contributed by atoms with E-state index in [4.69, 9.17) is 0 Å². The molecule has 0 aromatic carbocycles. The molecule has 1 saturated carbocycles. The van der Waals surface area contributed by atoms with Crippen LogP contribution in [0.5, 0.6) is 0 Å². The maximum atomic E-state index is 12.5. The van der Waals surface area contributed by atoms with Gasteiger partial charge in [-0.2, -0.15) is 0 Å². The standard InChI is InChI=1S/C15H29NO/c1-13(2,3)11(14(4,5)6)12(17)16-15(7)9-8-10-15/h11H,8-10H2,1-7H3,(H,16,17). The highest BCUT2D eigenvalue weighted by molar-refractivity contribution is 5.81. The molecule has 1 rings (SSSR count). The number of hydrogen-bond acceptors (Lipinski definition) is 1. The summed E-state index contributed by atoms with van der Waals surface area (Å²) in [7, 11) is 0. The first-order valence-electron chi connectivity index (χ1n) is 6.78. The Morgan fingerprint density at radius 3 is 1.71 bits per heavy atom. The minimum atomic E-state index is 0.00242. The molecule has 1 fully saturated rings. The van der Waals surface area contributed by atoms with E-state index < -0.39 is 0 Å². The van der Waals surface area contributed by atoms with Gasteiger partial charge in [0.05, 0.1) is 0 Å².